The van der Waals surface area contributed by atoms with Gasteiger partial charge in [-0.2, -0.15) is 0 Å². The summed E-state index contributed by atoms with van der Waals surface area (Å²) in [5.74, 6) is 0.666. The summed E-state index contributed by atoms with van der Waals surface area (Å²) in [5.41, 5.74) is 4.01. The molecule has 1 unspecified atom stereocenters. The van der Waals surface area contributed by atoms with Crippen LogP contribution in [0.3, 0.4) is 0 Å². The maximum atomic E-state index is 6.02. The third-order valence-corrected chi connectivity index (χ3v) is 4.24. The van der Waals surface area contributed by atoms with Crippen LogP contribution in [0.2, 0.25) is 0 Å². The van der Waals surface area contributed by atoms with Crippen molar-refractivity contribution in [3.05, 3.63) is 34.9 Å². The first-order chi connectivity index (χ1) is 10.2. The molecule has 21 heavy (non-hydrogen) atoms. The number of nitrogens with one attached hydrogen (secondary N) is 1. The van der Waals surface area contributed by atoms with Crippen molar-refractivity contribution in [1.29, 1.82) is 0 Å². The molecule has 0 aliphatic carbocycles. The molecule has 118 valence electrons. The first-order valence-electron chi connectivity index (χ1n) is 8.16. The van der Waals surface area contributed by atoms with Crippen molar-refractivity contribution in [3.8, 4) is 0 Å². The van der Waals surface area contributed by atoms with Gasteiger partial charge in [-0.1, -0.05) is 30.7 Å². The number of ether oxygens (including phenoxy) is 2. The van der Waals surface area contributed by atoms with E-state index in [1.807, 2.05) is 0 Å². The smallest absolute Gasteiger partial charge is 0.0661 e. The molecule has 0 spiro atoms. The van der Waals surface area contributed by atoms with E-state index >= 15 is 0 Å². The van der Waals surface area contributed by atoms with E-state index in [9.17, 15) is 0 Å². The SMILES string of the molecule is CCNC(COCC1CCOCC1)c1cc(C)ccc1C. The maximum Gasteiger partial charge on any atom is 0.0661 e. The number of benzene rings is 1. The molecule has 2 rings (SSSR count). The summed E-state index contributed by atoms with van der Waals surface area (Å²) >= 11 is 0. The van der Waals surface area contributed by atoms with Gasteiger partial charge in [0.15, 0.2) is 0 Å². The van der Waals surface area contributed by atoms with Gasteiger partial charge in [0.1, 0.15) is 0 Å². The minimum atomic E-state index is 0.287. The van der Waals surface area contributed by atoms with Crippen LogP contribution in [-0.4, -0.2) is 33.0 Å². The van der Waals surface area contributed by atoms with Crippen LogP contribution in [-0.2, 0) is 9.47 Å². The Morgan fingerprint density at radius 1 is 1.29 bits per heavy atom. The predicted octanol–water partition coefficient (Wildman–Crippen LogP) is 3.40. The van der Waals surface area contributed by atoms with Crippen molar-refractivity contribution in [2.45, 2.75) is 39.7 Å². The quantitative estimate of drug-likeness (QED) is 0.835. The van der Waals surface area contributed by atoms with Gasteiger partial charge in [0.25, 0.3) is 0 Å². The highest BCUT2D eigenvalue weighted by Gasteiger charge is 2.17. The monoisotopic (exact) mass is 291 g/mol. The standard InChI is InChI=1S/C18H29NO2/c1-4-19-18(17-11-14(2)5-6-15(17)3)13-21-12-16-7-9-20-10-8-16/h5-6,11,16,18-19H,4,7-10,12-13H2,1-3H3. The van der Waals surface area contributed by atoms with E-state index in [0.29, 0.717) is 5.92 Å². The Bertz CT molecular complexity index is 427. The lowest BCUT2D eigenvalue weighted by molar-refractivity contribution is 0.0152. The molecule has 1 aliphatic rings. The van der Waals surface area contributed by atoms with E-state index in [1.165, 1.54) is 16.7 Å². The van der Waals surface area contributed by atoms with Crippen LogP contribution in [0.5, 0.6) is 0 Å². The Hall–Kier alpha value is -0.900. The number of hydrogen-bond acceptors (Lipinski definition) is 3. The topological polar surface area (TPSA) is 30.5 Å². The average molecular weight is 291 g/mol. The van der Waals surface area contributed by atoms with Crippen molar-refractivity contribution in [2.24, 2.45) is 5.92 Å². The highest BCUT2D eigenvalue weighted by molar-refractivity contribution is 5.33. The fourth-order valence-corrected chi connectivity index (χ4v) is 2.91. The average Bonchev–Trinajstić information content (AvgIpc) is 2.50. The van der Waals surface area contributed by atoms with Gasteiger partial charge in [-0.05, 0) is 50.3 Å². The van der Waals surface area contributed by atoms with Gasteiger partial charge in [0.05, 0.1) is 12.6 Å². The molecule has 1 aromatic rings. The van der Waals surface area contributed by atoms with Crippen molar-refractivity contribution in [2.75, 3.05) is 33.0 Å². The Labute approximate surface area is 129 Å². The Morgan fingerprint density at radius 3 is 2.76 bits per heavy atom. The van der Waals surface area contributed by atoms with Crippen molar-refractivity contribution in [3.63, 3.8) is 0 Å². The van der Waals surface area contributed by atoms with Crippen molar-refractivity contribution >= 4 is 0 Å². The summed E-state index contributed by atoms with van der Waals surface area (Å²) in [6, 6.07) is 6.94. The molecule has 0 bridgehead atoms. The van der Waals surface area contributed by atoms with Gasteiger partial charge < -0.3 is 14.8 Å². The number of rotatable bonds is 7. The molecule has 0 saturated carbocycles. The van der Waals surface area contributed by atoms with E-state index in [2.05, 4.69) is 44.3 Å². The second kappa shape index (κ2) is 8.52. The van der Waals surface area contributed by atoms with Gasteiger partial charge in [-0.25, -0.2) is 0 Å². The summed E-state index contributed by atoms with van der Waals surface area (Å²) < 4.78 is 11.4. The molecule has 1 N–H and O–H groups in total. The fraction of sp³-hybridized carbons (Fsp3) is 0.667. The summed E-state index contributed by atoms with van der Waals surface area (Å²) in [6.45, 7) is 10.8. The highest BCUT2D eigenvalue weighted by atomic mass is 16.5. The molecule has 1 aliphatic heterocycles. The van der Waals surface area contributed by atoms with Crippen molar-refractivity contribution in [1.82, 2.24) is 5.32 Å². The van der Waals surface area contributed by atoms with E-state index in [4.69, 9.17) is 9.47 Å². The largest absolute Gasteiger partial charge is 0.381 e. The third kappa shape index (κ3) is 5.10. The van der Waals surface area contributed by atoms with Crippen LogP contribution in [0.1, 0.15) is 42.5 Å². The zero-order chi connectivity index (χ0) is 15.1. The molecule has 0 aromatic heterocycles. The van der Waals surface area contributed by atoms with Gasteiger partial charge in [-0.15, -0.1) is 0 Å². The second-order valence-corrected chi connectivity index (χ2v) is 6.06. The van der Waals surface area contributed by atoms with Crippen LogP contribution >= 0.6 is 0 Å². The van der Waals surface area contributed by atoms with E-state index in [-0.39, 0.29) is 6.04 Å². The summed E-state index contributed by atoms with van der Waals surface area (Å²) in [7, 11) is 0. The minimum absolute atomic E-state index is 0.287. The number of likely N-dealkylation sites (N-methyl/N-ethyl adjacent to an activating group) is 1. The zero-order valence-electron chi connectivity index (χ0n) is 13.7. The molecule has 1 aromatic carbocycles. The lowest BCUT2D eigenvalue weighted by atomic mass is 9.99. The first-order valence-corrected chi connectivity index (χ1v) is 8.16. The van der Waals surface area contributed by atoms with Crippen LogP contribution in [0.15, 0.2) is 18.2 Å². The normalized spacial score (nSPS) is 17.9. The lowest BCUT2D eigenvalue weighted by Crippen LogP contribution is -2.28. The van der Waals surface area contributed by atoms with Gasteiger partial charge in [0.2, 0.25) is 0 Å². The highest BCUT2D eigenvalue weighted by Crippen LogP contribution is 2.21. The molecule has 3 nitrogen and oxygen atoms in total. The molecule has 0 amide bonds. The van der Waals surface area contributed by atoms with Gasteiger partial charge in [0, 0.05) is 19.8 Å². The Morgan fingerprint density at radius 2 is 2.05 bits per heavy atom. The summed E-state index contributed by atoms with van der Waals surface area (Å²) in [4.78, 5) is 0. The molecule has 1 atom stereocenters. The van der Waals surface area contributed by atoms with Crippen LogP contribution in [0, 0.1) is 19.8 Å². The maximum absolute atomic E-state index is 6.02. The summed E-state index contributed by atoms with van der Waals surface area (Å²) in [5, 5.41) is 3.55. The predicted molar refractivity (Wildman–Crippen MR) is 86.7 cm³/mol. The van der Waals surface area contributed by atoms with Crippen molar-refractivity contribution < 1.29 is 9.47 Å². The molecular formula is C18H29NO2. The van der Waals surface area contributed by atoms with E-state index in [1.54, 1.807) is 0 Å². The lowest BCUT2D eigenvalue weighted by Gasteiger charge is -2.25. The van der Waals surface area contributed by atoms with E-state index in [0.717, 1.165) is 45.8 Å². The van der Waals surface area contributed by atoms with Gasteiger partial charge >= 0.3 is 0 Å². The van der Waals surface area contributed by atoms with Gasteiger partial charge in [-0.3, -0.25) is 0 Å². The second-order valence-electron chi connectivity index (χ2n) is 6.06. The van der Waals surface area contributed by atoms with Crippen LogP contribution < -0.4 is 5.32 Å². The Balaban J connectivity index is 1.90. The molecule has 1 fully saturated rings. The first kappa shape index (κ1) is 16.5. The fourth-order valence-electron chi connectivity index (χ4n) is 2.91. The minimum Gasteiger partial charge on any atom is -0.381 e. The molecule has 0 radical (unpaired) electrons. The molecule has 1 saturated heterocycles. The molecule has 3 heteroatoms. The number of hydrogen-bond donors (Lipinski definition) is 1. The van der Waals surface area contributed by atoms with Crippen LogP contribution in [0.4, 0.5) is 0 Å². The molecular weight excluding hydrogens is 262 g/mol. The Kier molecular flexibility index (Phi) is 6.68. The summed E-state index contributed by atoms with van der Waals surface area (Å²) in [6.07, 6.45) is 2.27. The van der Waals surface area contributed by atoms with Crippen LogP contribution in [0.25, 0.3) is 0 Å². The molecule has 1 heterocycles. The van der Waals surface area contributed by atoms with E-state index < -0.39 is 0 Å². The zero-order valence-corrected chi connectivity index (χ0v) is 13.7. The number of aryl methyl sites for hydroxylation is 2. The third-order valence-electron chi connectivity index (χ3n) is 4.24.